The fourth-order valence-corrected chi connectivity index (χ4v) is 1.79. The minimum absolute atomic E-state index is 0.0477. The van der Waals surface area contributed by atoms with Gasteiger partial charge in [0.25, 0.3) is 0 Å². The van der Waals surface area contributed by atoms with Crippen molar-refractivity contribution >= 4 is 15.9 Å². The average molecular weight is 245 g/mol. The zero-order valence-corrected chi connectivity index (χ0v) is 8.72. The summed E-state index contributed by atoms with van der Waals surface area (Å²) in [7, 11) is 0. The van der Waals surface area contributed by atoms with Crippen molar-refractivity contribution in [1.82, 2.24) is 0 Å². The molecule has 1 N–H and O–H groups in total. The van der Waals surface area contributed by atoms with Gasteiger partial charge in [-0.2, -0.15) is 0 Å². The molecule has 0 aromatic heterocycles. The Morgan fingerprint density at radius 3 is 3.00 bits per heavy atom. The molecule has 0 atom stereocenters. The van der Waals surface area contributed by atoms with Gasteiger partial charge in [0.2, 0.25) is 6.79 Å². The number of fused-ring (bicyclic) bond motifs is 1. The summed E-state index contributed by atoms with van der Waals surface area (Å²) in [5.41, 5.74) is 1.79. The van der Waals surface area contributed by atoms with E-state index >= 15 is 0 Å². The SMILES string of the molecule is Cc1cc2c(c(CO)c1Br)OCO2. The van der Waals surface area contributed by atoms with E-state index < -0.39 is 0 Å². The third-order valence-corrected chi connectivity index (χ3v) is 3.14. The van der Waals surface area contributed by atoms with Crippen LogP contribution in [0.2, 0.25) is 0 Å². The summed E-state index contributed by atoms with van der Waals surface area (Å²) in [5.74, 6) is 1.37. The van der Waals surface area contributed by atoms with Crippen molar-refractivity contribution in [1.29, 1.82) is 0 Å². The first-order valence-corrected chi connectivity index (χ1v) is 4.71. The van der Waals surface area contributed by atoms with Gasteiger partial charge in [-0.15, -0.1) is 0 Å². The third kappa shape index (κ3) is 1.30. The van der Waals surface area contributed by atoms with Gasteiger partial charge in [-0.05, 0) is 18.6 Å². The van der Waals surface area contributed by atoms with Crippen LogP contribution in [-0.4, -0.2) is 11.9 Å². The molecular formula is C9H9BrO3. The van der Waals surface area contributed by atoms with Crippen molar-refractivity contribution in [2.75, 3.05) is 6.79 Å². The molecule has 0 fully saturated rings. The first-order chi connectivity index (χ1) is 6.24. The highest BCUT2D eigenvalue weighted by molar-refractivity contribution is 9.10. The molecule has 4 heteroatoms. The maximum absolute atomic E-state index is 9.14. The number of ether oxygens (including phenoxy) is 2. The van der Waals surface area contributed by atoms with Crippen LogP contribution in [0.4, 0.5) is 0 Å². The van der Waals surface area contributed by atoms with Crippen molar-refractivity contribution in [3.8, 4) is 11.5 Å². The molecular weight excluding hydrogens is 236 g/mol. The molecule has 3 nitrogen and oxygen atoms in total. The fourth-order valence-electron chi connectivity index (χ4n) is 1.37. The van der Waals surface area contributed by atoms with Gasteiger partial charge >= 0.3 is 0 Å². The lowest BCUT2D eigenvalue weighted by molar-refractivity contribution is 0.171. The average Bonchev–Trinajstić information content (AvgIpc) is 2.54. The first-order valence-electron chi connectivity index (χ1n) is 3.92. The second kappa shape index (κ2) is 3.20. The summed E-state index contributed by atoms with van der Waals surface area (Å²) < 4.78 is 11.4. The van der Waals surface area contributed by atoms with Crippen LogP contribution in [0.15, 0.2) is 10.5 Å². The number of aryl methyl sites for hydroxylation is 1. The number of rotatable bonds is 1. The summed E-state index contributed by atoms with van der Waals surface area (Å²) in [6.45, 7) is 2.14. The molecule has 0 radical (unpaired) electrons. The molecule has 0 saturated heterocycles. The van der Waals surface area contributed by atoms with Crippen LogP contribution >= 0.6 is 15.9 Å². The van der Waals surface area contributed by atoms with Gasteiger partial charge in [-0.25, -0.2) is 0 Å². The monoisotopic (exact) mass is 244 g/mol. The standard InChI is InChI=1S/C9H9BrO3/c1-5-2-7-9(13-4-12-7)6(3-11)8(5)10/h2,11H,3-4H2,1H3. The number of hydrogen-bond donors (Lipinski definition) is 1. The molecule has 1 aromatic rings. The lowest BCUT2D eigenvalue weighted by Gasteiger charge is -2.07. The van der Waals surface area contributed by atoms with Crippen LogP contribution in [-0.2, 0) is 6.61 Å². The molecule has 0 saturated carbocycles. The van der Waals surface area contributed by atoms with E-state index in [1.54, 1.807) is 0 Å². The van der Waals surface area contributed by atoms with Gasteiger partial charge in [-0.3, -0.25) is 0 Å². The van der Waals surface area contributed by atoms with Crippen molar-refractivity contribution in [2.24, 2.45) is 0 Å². The Hall–Kier alpha value is -0.740. The summed E-state index contributed by atoms with van der Waals surface area (Å²) in [4.78, 5) is 0. The van der Waals surface area contributed by atoms with Crippen LogP contribution in [0, 0.1) is 6.92 Å². The zero-order valence-electron chi connectivity index (χ0n) is 7.13. The van der Waals surface area contributed by atoms with E-state index in [1.165, 1.54) is 0 Å². The molecule has 13 heavy (non-hydrogen) atoms. The van der Waals surface area contributed by atoms with Gasteiger partial charge in [0.1, 0.15) is 0 Å². The van der Waals surface area contributed by atoms with Gasteiger partial charge in [-0.1, -0.05) is 15.9 Å². The third-order valence-electron chi connectivity index (χ3n) is 2.03. The van der Waals surface area contributed by atoms with Crippen LogP contribution in [0.5, 0.6) is 11.5 Å². The van der Waals surface area contributed by atoms with E-state index in [0.29, 0.717) is 11.5 Å². The van der Waals surface area contributed by atoms with Gasteiger partial charge in [0, 0.05) is 10.0 Å². The molecule has 0 unspecified atom stereocenters. The van der Waals surface area contributed by atoms with E-state index in [4.69, 9.17) is 14.6 Å². The van der Waals surface area contributed by atoms with E-state index in [0.717, 1.165) is 15.6 Å². The van der Waals surface area contributed by atoms with Gasteiger partial charge in [0.15, 0.2) is 11.5 Å². The molecule has 1 aliphatic rings. The van der Waals surface area contributed by atoms with Crippen molar-refractivity contribution in [2.45, 2.75) is 13.5 Å². The van der Waals surface area contributed by atoms with E-state index in [1.807, 2.05) is 13.0 Å². The van der Waals surface area contributed by atoms with Crippen LogP contribution < -0.4 is 9.47 Å². The van der Waals surface area contributed by atoms with Crippen LogP contribution in [0.3, 0.4) is 0 Å². The predicted octanol–water partition coefficient (Wildman–Crippen LogP) is 1.98. The topological polar surface area (TPSA) is 38.7 Å². The Morgan fingerprint density at radius 1 is 1.54 bits per heavy atom. The normalized spacial score (nSPS) is 13.5. The molecule has 2 rings (SSSR count). The Bertz CT molecular complexity index is 349. The highest BCUT2D eigenvalue weighted by atomic mass is 79.9. The number of hydrogen-bond acceptors (Lipinski definition) is 3. The lowest BCUT2D eigenvalue weighted by atomic mass is 10.1. The molecule has 70 valence electrons. The smallest absolute Gasteiger partial charge is 0.231 e. The highest BCUT2D eigenvalue weighted by Crippen LogP contribution is 2.41. The van der Waals surface area contributed by atoms with E-state index in [-0.39, 0.29) is 13.4 Å². The highest BCUT2D eigenvalue weighted by Gasteiger charge is 2.21. The fraction of sp³-hybridized carbons (Fsp3) is 0.333. The van der Waals surface area contributed by atoms with E-state index in [9.17, 15) is 0 Å². The summed E-state index contributed by atoms with van der Waals surface area (Å²) >= 11 is 3.40. The maximum atomic E-state index is 9.14. The molecule has 0 amide bonds. The number of aliphatic hydroxyl groups excluding tert-OH is 1. The number of aliphatic hydroxyl groups is 1. The second-order valence-corrected chi connectivity index (χ2v) is 3.67. The lowest BCUT2D eigenvalue weighted by Crippen LogP contribution is -1.95. The quantitative estimate of drug-likeness (QED) is 0.822. The van der Waals surface area contributed by atoms with Crippen LogP contribution in [0.1, 0.15) is 11.1 Å². The van der Waals surface area contributed by atoms with Gasteiger partial charge in [0.05, 0.1) is 6.61 Å². The summed E-state index contributed by atoms with van der Waals surface area (Å²) in [6, 6.07) is 1.89. The predicted molar refractivity (Wildman–Crippen MR) is 50.9 cm³/mol. The molecule has 0 bridgehead atoms. The minimum atomic E-state index is -0.0477. The maximum Gasteiger partial charge on any atom is 0.231 e. The van der Waals surface area contributed by atoms with Crippen molar-refractivity contribution in [3.05, 3.63) is 21.7 Å². The summed E-state index contributed by atoms with van der Waals surface area (Å²) in [5, 5.41) is 9.14. The number of benzene rings is 1. The largest absolute Gasteiger partial charge is 0.454 e. The Balaban J connectivity index is 2.64. The Morgan fingerprint density at radius 2 is 2.31 bits per heavy atom. The zero-order chi connectivity index (χ0) is 9.42. The van der Waals surface area contributed by atoms with Crippen LogP contribution in [0.25, 0.3) is 0 Å². The number of halogens is 1. The van der Waals surface area contributed by atoms with E-state index in [2.05, 4.69) is 15.9 Å². The Kier molecular flexibility index (Phi) is 2.17. The minimum Gasteiger partial charge on any atom is -0.454 e. The molecule has 0 aliphatic carbocycles. The Labute approximate surface area is 84.4 Å². The molecule has 1 aliphatic heterocycles. The van der Waals surface area contributed by atoms with Gasteiger partial charge < -0.3 is 14.6 Å². The summed E-state index contributed by atoms with van der Waals surface area (Å²) in [6.07, 6.45) is 0. The van der Waals surface area contributed by atoms with Crippen molar-refractivity contribution in [3.63, 3.8) is 0 Å². The molecule has 1 aromatic carbocycles. The molecule has 1 heterocycles. The molecule has 0 spiro atoms. The second-order valence-electron chi connectivity index (χ2n) is 2.88. The van der Waals surface area contributed by atoms with Crippen molar-refractivity contribution < 1.29 is 14.6 Å². The first kappa shape index (κ1) is 8.84.